The number of fused-ring (bicyclic) bond motifs is 1. The van der Waals surface area contributed by atoms with Gasteiger partial charge in [0.15, 0.2) is 0 Å². The first kappa shape index (κ1) is 9.90. The molecular formula is C10H20N4. The summed E-state index contributed by atoms with van der Waals surface area (Å²) in [4.78, 5) is 0. The first-order chi connectivity index (χ1) is 6.72. The van der Waals surface area contributed by atoms with Gasteiger partial charge < -0.3 is 5.32 Å². The minimum Gasteiger partial charge on any atom is -0.317 e. The van der Waals surface area contributed by atoms with Crippen LogP contribution in [0.1, 0.15) is 33.1 Å². The van der Waals surface area contributed by atoms with Crippen molar-refractivity contribution in [3.8, 4) is 0 Å². The van der Waals surface area contributed by atoms with Gasteiger partial charge in [-0.1, -0.05) is 5.22 Å². The van der Waals surface area contributed by atoms with Gasteiger partial charge in [-0.2, -0.15) is 5.11 Å². The molecule has 1 aliphatic heterocycles. The lowest BCUT2D eigenvalue weighted by Crippen LogP contribution is -2.46. The molecule has 1 saturated carbocycles. The number of nitrogens with zero attached hydrogens (tertiary/aromatic N) is 3. The van der Waals surface area contributed by atoms with E-state index in [2.05, 4.69) is 34.5 Å². The molecule has 2 aliphatic rings. The first-order valence-corrected chi connectivity index (χ1v) is 5.58. The predicted molar refractivity (Wildman–Crippen MR) is 56.1 cm³/mol. The molecule has 3 atom stereocenters. The Balaban J connectivity index is 2.00. The van der Waals surface area contributed by atoms with Crippen LogP contribution in [0.2, 0.25) is 0 Å². The molecule has 4 heteroatoms. The van der Waals surface area contributed by atoms with E-state index in [1.807, 2.05) is 7.05 Å². The van der Waals surface area contributed by atoms with E-state index in [0.717, 1.165) is 6.42 Å². The third-order valence-electron chi connectivity index (χ3n) is 3.36. The van der Waals surface area contributed by atoms with Gasteiger partial charge in [0.25, 0.3) is 0 Å². The molecule has 3 unspecified atom stereocenters. The molecule has 1 aliphatic carbocycles. The summed E-state index contributed by atoms with van der Waals surface area (Å²) in [5.41, 5.74) is 0. The fourth-order valence-corrected chi connectivity index (χ4v) is 2.50. The van der Waals surface area contributed by atoms with Crippen molar-refractivity contribution < 1.29 is 0 Å². The van der Waals surface area contributed by atoms with Crippen LogP contribution >= 0.6 is 0 Å². The normalized spacial score (nSPS) is 36.6. The zero-order valence-corrected chi connectivity index (χ0v) is 9.27. The van der Waals surface area contributed by atoms with Gasteiger partial charge in [0, 0.05) is 12.1 Å². The molecule has 0 bridgehead atoms. The Morgan fingerprint density at radius 2 is 2.14 bits per heavy atom. The molecule has 1 heterocycles. The predicted octanol–water partition coefficient (Wildman–Crippen LogP) is 1.59. The average Bonchev–Trinajstić information content (AvgIpc) is 2.59. The van der Waals surface area contributed by atoms with Gasteiger partial charge in [0.2, 0.25) is 0 Å². The van der Waals surface area contributed by atoms with E-state index in [4.69, 9.17) is 0 Å². The molecule has 0 aromatic heterocycles. The van der Waals surface area contributed by atoms with Crippen LogP contribution in [-0.4, -0.2) is 36.2 Å². The second-order valence-corrected chi connectivity index (χ2v) is 4.61. The van der Waals surface area contributed by atoms with Gasteiger partial charge in [-0.25, -0.2) is 0 Å². The lowest BCUT2D eigenvalue weighted by molar-refractivity contribution is 0.137. The Kier molecular flexibility index (Phi) is 2.72. The van der Waals surface area contributed by atoms with Gasteiger partial charge in [-0.15, -0.1) is 0 Å². The maximum absolute atomic E-state index is 4.37. The largest absolute Gasteiger partial charge is 0.317 e. The molecule has 0 aromatic rings. The lowest BCUT2D eigenvalue weighted by atomic mass is 9.87. The van der Waals surface area contributed by atoms with Crippen LogP contribution in [0.15, 0.2) is 10.3 Å². The van der Waals surface area contributed by atoms with Crippen molar-refractivity contribution in [3.63, 3.8) is 0 Å². The summed E-state index contributed by atoms with van der Waals surface area (Å²) in [6.45, 7) is 4.37. The van der Waals surface area contributed by atoms with Crippen molar-refractivity contribution in [1.29, 1.82) is 0 Å². The summed E-state index contributed by atoms with van der Waals surface area (Å²) in [6.07, 6.45) is 3.63. The highest BCUT2D eigenvalue weighted by atomic mass is 15.6. The minimum absolute atomic E-state index is 0.434. The van der Waals surface area contributed by atoms with E-state index in [1.165, 1.54) is 12.8 Å². The molecule has 4 nitrogen and oxygen atoms in total. The van der Waals surface area contributed by atoms with E-state index in [0.29, 0.717) is 24.2 Å². The summed E-state index contributed by atoms with van der Waals surface area (Å²) in [6, 6.07) is 2.13. The maximum atomic E-state index is 4.37. The molecule has 2 rings (SSSR count). The van der Waals surface area contributed by atoms with Crippen LogP contribution in [0.4, 0.5) is 0 Å². The van der Waals surface area contributed by atoms with Crippen LogP contribution in [0, 0.1) is 0 Å². The smallest absolute Gasteiger partial charge is 0.0964 e. The second-order valence-electron chi connectivity index (χ2n) is 4.61. The zero-order chi connectivity index (χ0) is 10.1. The van der Waals surface area contributed by atoms with Gasteiger partial charge in [-0.05, 0) is 40.2 Å². The van der Waals surface area contributed by atoms with E-state index in [-0.39, 0.29) is 0 Å². The number of hydrogen-bond acceptors (Lipinski definition) is 4. The molecule has 14 heavy (non-hydrogen) atoms. The highest BCUT2D eigenvalue weighted by molar-refractivity contribution is 4.95. The minimum atomic E-state index is 0.434. The SMILES string of the molecule is CNC1CCC2C(C1)N=NN2C(C)C. The number of rotatable bonds is 2. The second kappa shape index (κ2) is 3.85. The molecule has 0 aromatic carbocycles. The molecule has 0 radical (unpaired) electrons. The van der Waals surface area contributed by atoms with E-state index < -0.39 is 0 Å². The summed E-state index contributed by atoms with van der Waals surface area (Å²) in [5, 5.41) is 14.2. The Bertz CT molecular complexity index is 226. The van der Waals surface area contributed by atoms with E-state index >= 15 is 0 Å². The fourth-order valence-electron chi connectivity index (χ4n) is 2.50. The van der Waals surface area contributed by atoms with Crippen LogP contribution in [0.3, 0.4) is 0 Å². The molecule has 80 valence electrons. The molecule has 0 spiro atoms. The van der Waals surface area contributed by atoms with Crippen LogP contribution in [0.5, 0.6) is 0 Å². The molecular weight excluding hydrogens is 176 g/mol. The Morgan fingerprint density at radius 3 is 2.79 bits per heavy atom. The highest BCUT2D eigenvalue weighted by Gasteiger charge is 2.38. The van der Waals surface area contributed by atoms with Crippen LogP contribution in [0.25, 0.3) is 0 Å². The zero-order valence-electron chi connectivity index (χ0n) is 9.27. The molecule has 0 saturated heterocycles. The van der Waals surface area contributed by atoms with Crippen molar-refractivity contribution in [3.05, 3.63) is 0 Å². The monoisotopic (exact) mass is 196 g/mol. The molecule has 1 N–H and O–H groups in total. The van der Waals surface area contributed by atoms with Crippen molar-refractivity contribution in [2.24, 2.45) is 10.3 Å². The third kappa shape index (κ3) is 1.63. The third-order valence-corrected chi connectivity index (χ3v) is 3.36. The summed E-state index contributed by atoms with van der Waals surface area (Å²) in [5.74, 6) is 0. The van der Waals surface area contributed by atoms with Crippen molar-refractivity contribution in [2.45, 2.75) is 57.3 Å². The molecule has 0 amide bonds. The number of nitrogens with one attached hydrogen (secondary N) is 1. The number of hydrogen-bond donors (Lipinski definition) is 1. The van der Waals surface area contributed by atoms with Gasteiger partial charge in [-0.3, -0.25) is 5.01 Å². The fraction of sp³-hybridized carbons (Fsp3) is 1.00. The highest BCUT2D eigenvalue weighted by Crippen LogP contribution is 2.32. The summed E-state index contributed by atoms with van der Waals surface area (Å²) < 4.78 is 0. The lowest BCUT2D eigenvalue weighted by Gasteiger charge is -2.34. The first-order valence-electron chi connectivity index (χ1n) is 5.58. The summed E-state index contributed by atoms with van der Waals surface area (Å²) in [7, 11) is 2.04. The average molecular weight is 196 g/mol. The van der Waals surface area contributed by atoms with Gasteiger partial charge in [0.05, 0.1) is 12.1 Å². The van der Waals surface area contributed by atoms with Gasteiger partial charge >= 0.3 is 0 Å². The van der Waals surface area contributed by atoms with Crippen molar-refractivity contribution >= 4 is 0 Å². The standard InChI is InChI=1S/C10H20N4/c1-7(2)14-10-5-4-8(11-3)6-9(10)12-13-14/h7-11H,4-6H2,1-3H3. The Labute approximate surface area is 85.7 Å². The van der Waals surface area contributed by atoms with Crippen molar-refractivity contribution in [2.75, 3.05) is 7.05 Å². The van der Waals surface area contributed by atoms with Gasteiger partial charge in [0.1, 0.15) is 0 Å². The molecule has 1 fully saturated rings. The topological polar surface area (TPSA) is 40.0 Å². The van der Waals surface area contributed by atoms with E-state index in [9.17, 15) is 0 Å². The quantitative estimate of drug-likeness (QED) is 0.728. The van der Waals surface area contributed by atoms with E-state index in [1.54, 1.807) is 0 Å². The Hall–Kier alpha value is -0.640. The van der Waals surface area contributed by atoms with Crippen LogP contribution in [-0.2, 0) is 0 Å². The Morgan fingerprint density at radius 1 is 1.36 bits per heavy atom. The maximum Gasteiger partial charge on any atom is 0.0964 e. The summed E-state index contributed by atoms with van der Waals surface area (Å²) >= 11 is 0. The van der Waals surface area contributed by atoms with Crippen LogP contribution < -0.4 is 5.32 Å². The van der Waals surface area contributed by atoms with Crippen molar-refractivity contribution in [1.82, 2.24) is 10.3 Å².